The third kappa shape index (κ3) is 7.00. The Balaban J connectivity index is 1.88. The van der Waals surface area contributed by atoms with Crippen LogP contribution in [0.15, 0.2) is 17.0 Å². The number of alkyl halides is 9. The average Bonchev–Trinajstić information content (AvgIpc) is 3.00. The largest absolute Gasteiger partial charge is 0.512 e. The predicted octanol–water partition coefficient (Wildman–Crippen LogP) is 8.53. The molecule has 264 valence electrons. The average molecular weight is 734 g/mol. The highest BCUT2D eigenvalue weighted by molar-refractivity contribution is 8.05. The van der Waals surface area contributed by atoms with Gasteiger partial charge in [-0.2, -0.15) is 39.5 Å². The number of halogens is 9. The Morgan fingerprint density at radius 2 is 0.957 bits per heavy atom. The molecular formula is C28H36F9NO5S3. The molecular weight excluding hydrogens is 697 g/mol. The normalized spacial score (nSPS) is 21.8. The van der Waals surface area contributed by atoms with Gasteiger partial charge in [0.15, 0.2) is 0 Å². The van der Waals surface area contributed by atoms with Gasteiger partial charge < -0.3 is 0 Å². The van der Waals surface area contributed by atoms with E-state index in [1.807, 2.05) is 0 Å². The van der Waals surface area contributed by atoms with Crippen LogP contribution < -0.4 is 4.13 Å². The van der Waals surface area contributed by atoms with Crippen molar-refractivity contribution in [2.45, 2.75) is 141 Å². The van der Waals surface area contributed by atoms with Crippen molar-refractivity contribution in [2.75, 3.05) is 0 Å². The molecule has 1 aromatic rings. The van der Waals surface area contributed by atoms with Crippen LogP contribution >= 0.6 is 0 Å². The van der Waals surface area contributed by atoms with Crippen molar-refractivity contribution >= 4 is 30.8 Å². The van der Waals surface area contributed by atoms with Crippen LogP contribution in [0.5, 0.6) is 0 Å². The van der Waals surface area contributed by atoms with Crippen LogP contribution in [0.4, 0.5) is 39.5 Å². The summed E-state index contributed by atoms with van der Waals surface area (Å²) in [7, 11) is -19.3. The summed E-state index contributed by atoms with van der Waals surface area (Å²) >= 11 is 0. The van der Waals surface area contributed by atoms with Crippen molar-refractivity contribution in [1.82, 2.24) is 4.13 Å². The van der Waals surface area contributed by atoms with Crippen molar-refractivity contribution in [3.05, 3.63) is 28.8 Å². The smallest absolute Gasteiger partial charge is 0.248 e. The van der Waals surface area contributed by atoms with Gasteiger partial charge in [0.2, 0.25) is 0 Å². The molecule has 3 aliphatic carbocycles. The van der Waals surface area contributed by atoms with Gasteiger partial charge in [0.1, 0.15) is 10.8 Å². The lowest BCUT2D eigenvalue weighted by Crippen LogP contribution is -2.62. The van der Waals surface area contributed by atoms with E-state index >= 15 is 17.6 Å². The molecule has 4 rings (SSSR count). The van der Waals surface area contributed by atoms with Gasteiger partial charge in [-0.1, -0.05) is 74.0 Å². The van der Waals surface area contributed by atoms with Gasteiger partial charge in [0.25, 0.3) is 10.0 Å². The number of rotatable bonds is 10. The zero-order chi connectivity index (χ0) is 34.3. The highest BCUT2D eigenvalue weighted by Crippen LogP contribution is 2.54. The van der Waals surface area contributed by atoms with Gasteiger partial charge in [-0.25, -0.2) is 21.0 Å². The topological polar surface area (TPSA) is 97.4 Å². The second kappa shape index (κ2) is 13.5. The molecule has 0 spiro atoms. The number of nitrogens with one attached hydrogen (secondary N) is 1. The summed E-state index contributed by atoms with van der Waals surface area (Å²) in [5.41, 5.74) is -5.74. The van der Waals surface area contributed by atoms with Crippen molar-refractivity contribution in [1.29, 1.82) is 0 Å². The minimum Gasteiger partial charge on any atom is -0.248 e. The summed E-state index contributed by atoms with van der Waals surface area (Å²) < 4.78 is 189. The van der Waals surface area contributed by atoms with Crippen LogP contribution in [0.1, 0.15) is 131 Å². The molecule has 0 aliphatic heterocycles. The molecule has 3 fully saturated rings. The van der Waals surface area contributed by atoms with Gasteiger partial charge >= 0.3 is 32.0 Å². The Bertz CT molecular complexity index is 1460. The summed E-state index contributed by atoms with van der Waals surface area (Å²) in [5.74, 6) is -8.20. The molecule has 18 heteroatoms. The van der Waals surface area contributed by atoms with E-state index in [1.54, 1.807) is 0 Å². The van der Waals surface area contributed by atoms with E-state index in [2.05, 4.69) is 0 Å². The van der Waals surface area contributed by atoms with Gasteiger partial charge in [-0.3, -0.25) is 0 Å². The Morgan fingerprint density at radius 1 is 0.587 bits per heavy atom. The van der Waals surface area contributed by atoms with Gasteiger partial charge in [0, 0.05) is 0 Å². The molecule has 1 atom stereocenters. The highest BCUT2D eigenvalue weighted by Gasteiger charge is 2.80. The fraction of sp³-hybridized carbons (Fsp3) is 0.786. The van der Waals surface area contributed by atoms with Crippen LogP contribution in [0.3, 0.4) is 0 Å². The molecule has 1 aromatic carbocycles. The standard InChI is InChI=1S/C28H36F9NO5S3/c29-25(30,27(33,34)45(40,41)38-46(42,43)28(35,36)37)26(31,32)44(39)24-22(19-12-6-2-7-13-19)16-21(18-10-4-1-5-11-18)17-23(24)20-14-8-3-9-15-20/h16-20,38H,1-15H2. The molecule has 0 radical (unpaired) electrons. The van der Waals surface area contributed by atoms with Gasteiger partial charge in [0.05, 0.1) is 4.90 Å². The lowest BCUT2D eigenvalue weighted by Gasteiger charge is -2.35. The van der Waals surface area contributed by atoms with Gasteiger partial charge in [-0.05, 0) is 73.0 Å². The molecule has 0 amide bonds. The molecule has 0 saturated heterocycles. The zero-order valence-electron chi connectivity index (χ0n) is 24.7. The molecule has 3 saturated carbocycles. The molecule has 0 heterocycles. The molecule has 3 aliphatic rings. The van der Waals surface area contributed by atoms with E-state index in [0.717, 1.165) is 50.5 Å². The maximum absolute atomic E-state index is 15.7. The summed E-state index contributed by atoms with van der Waals surface area (Å²) in [4.78, 5) is -0.785. The summed E-state index contributed by atoms with van der Waals surface area (Å²) in [5, 5.41) is -13.5. The van der Waals surface area contributed by atoms with Crippen molar-refractivity contribution in [3.8, 4) is 0 Å². The first-order valence-electron chi connectivity index (χ1n) is 15.2. The Morgan fingerprint density at radius 3 is 1.33 bits per heavy atom. The molecule has 1 N–H and O–H groups in total. The van der Waals surface area contributed by atoms with Crippen LogP contribution in [-0.2, 0) is 30.8 Å². The van der Waals surface area contributed by atoms with Gasteiger partial charge in [-0.15, -0.1) is 0 Å². The van der Waals surface area contributed by atoms with Crippen molar-refractivity contribution in [3.63, 3.8) is 0 Å². The minimum atomic E-state index is -7.70. The van der Waals surface area contributed by atoms with Crippen molar-refractivity contribution in [2.24, 2.45) is 0 Å². The zero-order valence-corrected chi connectivity index (χ0v) is 27.1. The molecule has 0 aromatic heterocycles. The lowest BCUT2D eigenvalue weighted by molar-refractivity contribution is -0.242. The first-order valence-corrected chi connectivity index (χ1v) is 19.3. The number of hydrogen-bond acceptors (Lipinski definition) is 5. The molecule has 1 unspecified atom stereocenters. The van der Waals surface area contributed by atoms with E-state index in [4.69, 9.17) is 0 Å². The van der Waals surface area contributed by atoms with E-state index < -0.39 is 73.6 Å². The van der Waals surface area contributed by atoms with E-state index in [0.29, 0.717) is 51.4 Å². The number of benzene rings is 1. The monoisotopic (exact) mass is 733 g/mol. The molecule has 6 nitrogen and oxygen atoms in total. The number of sulfonamides is 2. The van der Waals surface area contributed by atoms with Crippen LogP contribution in [0.25, 0.3) is 0 Å². The molecule has 0 bridgehead atoms. The second-order valence-electron chi connectivity index (χ2n) is 12.4. The summed E-state index contributed by atoms with van der Waals surface area (Å²) in [6, 6.07) is 3.07. The fourth-order valence-corrected chi connectivity index (χ4v) is 10.8. The van der Waals surface area contributed by atoms with Crippen LogP contribution in [-0.4, -0.2) is 43.0 Å². The quantitative estimate of drug-likeness (QED) is 0.243. The third-order valence-corrected chi connectivity index (χ3v) is 14.2. The Labute approximate surface area is 264 Å². The maximum atomic E-state index is 15.7. The SMILES string of the molecule is O=S(c1c(C2CCCCC2)cc(C2CCCCC2)cc1C1CCCCC1)C(F)(F)C(F)(F)C(F)(F)S(=O)(=O)NS(=O)(=O)C(F)(F)F. The van der Waals surface area contributed by atoms with E-state index in [9.17, 15) is 43.0 Å². The Kier molecular flexibility index (Phi) is 11.0. The molecule has 46 heavy (non-hydrogen) atoms. The second-order valence-corrected chi connectivity index (χ2v) is 17.6. The maximum Gasteiger partial charge on any atom is 0.512 e. The first kappa shape index (κ1) is 37.4. The lowest BCUT2D eigenvalue weighted by atomic mass is 9.76. The van der Waals surface area contributed by atoms with E-state index in [-0.39, 0.29) is 17.0 Å². The third-order valence-electron chi connectivity index (χ3n) is 9.35. The van der Waals surface area contributed by atoms with Crippen molar-refractivity contribution < 1.29 is 60.6 Å². The number of hydrogen-bond donors (Lipinski definition) is 1. The van der Waals surface area contributed by atoms with Crippen LogP contribution in [0, 0.1) is 0 Å². The predicted molar refractivity (Wildman–Crippen MR) is 152 cm³/mol. The van der Waals surface area contributed by atoms with E-state index in [1.165, 1.54) is 12.1 Å². The fourth-order valence-electron chi connectivity index (χ4n) is 6.84. The minimum absolute atomic E-state index is 0.000926. The highest BCUT2D eigenvalue weighted by atomic mass is 32.3. The Hall–Kier alpha value is -1.40. The van der Waals surface area contributed by atoms with Crippen LogP contribution in [0.2, 0.25) is 0 Å². The summed E-state index contributed by atoms with van der Waals surface area (Å²) in [6.45, 7) is 0. The first-order chi connectivity index (χ1) is 21.2. The summed E-state index contributed by atoms with van der Waals surface area (Å²) in [6.07, 6.45) is 10.0.